The summed E-state index contributed by atoms with van der Waals surface area (Å²) in [5.41, 5.74) is 5.81. The second kappa shape index (κ2) is 4.78. The Morgan fingerprint density at radius 1 is 1.40 bits per heavy atom. The van der Waals surface area contributed by atoms with E-state index >= 15 is 0 Å². The first-order chi connectivity index (χ1) is 9.70. The van der Waals surface area contributed by atoms with Crippen LogP contribution < -0.4 is 10.5 Å². The van der Waals surface area contributed by atoms with Gasteiger partial charge < -0.3 is 10.5 Å². The minimum atomic E-state index is -0.603. The van der Waals surface area contributed by atoms with Crippen LogP contribution >= 0.6 is 11.3 Å². The second-order valence-corrected chi connectivity index (χ2v) is 4.81. The summed E-state index contributed by atoms with van der Waals surface area (Å²) in [6.45, 7) is 0. The van der Waals surface area contributed by atoms with Crippen molar-refractivity contribution in [2.45, 2.75) is 0 Å². The van der Waals surface area contributed by atoms with Crippen molar-refractivity contribution in [3.8, 4) is 11.6 Å². The number of rotatable bonds is 4. The Morgan fingerprint density at radius 2 is 2.20 bits per heavy atom. The summed E-state index contributed by atoms with van der Waals surface area (Å²) >= 11 is 1.38. The Morgan fingerprint density at radius 3 is 2.95 bits per heavy atom. The first kappa shape index (κ1) is 12.4. The number of nitrogens with two attached hydrogens (primary N) is 1. The highest BCUT2D eigenvalue weighted by Gasteiger charge is 2.17. The topological polar surface area (TPSA) is 86.7 Å². The number of thiazole rings is 1. The number of carbonyl (C=O) groups excluding carboxylic acids is 2. The smallest absolute Gasteiger partial charge is 0.252 e. The summed E-state index contributed by atoms with van der Waals surface area (Å²) in [6.07, 6.45) is 2.39. The summed E-state index contributed by atoms with van der Waals surface area (Å²) < 4.78 is 7.20. The van der Waals surface area contributed by atoms with Crippen molar-refractivity contribution < 1.29 is 14.3 Å². The molecule has 0 aliphatic carbocycles. The highest BCUT2D eigenvalue weighted by Crippen LogP contribution is 2.28. The second-order valence-electron chi connectivity index (χ2n) is 3.94. The Kier molecular flexibility index (Phi) is 2.96. The first-order valence-corrected chi connectivity index (χ1v) is 6.56. The van der Waals surface area contributed by atoms with Crippen molar-refractivity contribution in [3.63, 3.8) is 0 Å². The van der Waals surface area contributed by atoms with Crippen molar-refractivity contribution >= 4 is 28.5 Å². The number of fused-ring (bicyclic) bond motifs is 1. The van der Waals surface area contributed by atoms with E-state index in [-0.39, 0.29) is 17.2 Å². The molecule has 0 unspecified atom stereocenters. The van der Waals surface area contributed by atoms with Gasteiger partial charge in [0, 0.05) is 11.6 Å². The van der Waals surface area contributed by atoms with Crippen LogP contribution in [0, 0.1) is 0 Å². The van der Waals surface area contributed by atoms with Gasteiger partial charge in [-0.1, -0.05) is 12.1 Å². The van der Waals surface area contributed by atoms with Gasteiger partial charge >= 0.3 is 0 Å². The molecule has 20 heavy (non-hydrogen) atoms. The van der Waals surface area contributed by atoms with Crippen molar-refractivity contribution in [3.05, 3.63) is 47.1 Å². The molecule has 1 aromatic carbocycles. The van der Waals surface area contributed by atoms with Crippen LogP contribution in [0.25, 0.3) is 4.96 Å². The molecule has 0 aliphatic heterocycles. The summed E-state index contributed by atoms with van der Waals surface area (Å²) in [6, 6.07) is 6.54. The molecule has 7 heteroatoms. The SMILES string of the molecule is NC(=O)c1ccccc1Oc1nc2sccn2c1C=O. The minimum absolute atomic E-state index is 0.153. The van der Waals surface area contributed by atoms with E-state index in [2.05, 4.69) is 4.98 Å². The molecule has 0 aliphatic rings. The monoisotopic (exact) mass is 287 g/mol. The van der Waals surface area contributed by atoms with Gasteiger partial charge in [-0.05, 0) is 12.1 Å². The van der Waals surface area contributed by atoms with Crippen molar-refractivity contribution in [2.75, 3.05) is 0 Å². The molecule has 3 rings (SSSR count). The molecule has 0 spiro atoms. The van der Waals surface area contributed by atoms with Gasteiger partial charge in [-0.3, -0.25) is 14.0 Å². The number of benzene rings is 1. The van der Waals surface area contributed by atoms with E-state index in [9.17, 15) is 9.59 Å². The lowest BCUT2D eigenvalue weighted by atomic mass is 10.2. The number of amides is 1. The summed E-state index contributed by atoms with van der Waals surface area (Å²) in [4.78, 5) is 27.4. The van der Waals surface area contributed by atoms with Crippen LogP contribution in [0.15, 0.2) is 35.8 Å². The number of primary amides is 1. The Bertz CT molecular complexity index is 806. The molecule has 2 heterocycles. The normalized spacial score (nSPS) is 10.6. The van der Waals surface area contributed by atoms with Crippen LogP contribution in [-0.2, 0) is 0 Å². The van der Waals surface area contributed by atoms with Crippen LogP contribution in [0.4, 0.5) is 0 Å². The number of nitrogens with zero attached hydrogens (tertiary/aromatic N) is 2. The molecule has 1 amide bonds. The zero-order chi connectivity index (χ0) is 14.1. The van der Waals surface area contributed by atoms with Gasteiger partial charge in [0.2, 0.25) is 5.88 Å². The van der Waals surface area contributed by atoms with Crippen LogP contribution in [0.2, 0.25) is 0 Å². The van der Waals surface area contributed by atoms with Crippen LogP contribution in [0.5, 0.6) is 11.6 Å². The number of ether oxygens (including phenoxy) is 1. The van der Waals surface area contributed by atoms with Gasteiger partial charge in [0.15, 0.2) is 16.9 Å². The lowest BCUT2D eigenvalue weighted by Gasteiger charge is -2.06. The number of carbonyl (C=O) groups is 2. The third-order valence-electron chi connectivity index (χ3n) is 2.74. The average Bonchev–Trinajstić information content (AvgIpc) is 2.99. The zero-order valence-electron chi connectivity index (χ0n) is 10.1. The fourth-order valence-electron chi connectivity index (χ4n) is 1.83. The average molecular weight is 287 g/mol. The third-order valence-corrected chi connectivity index (χ3v) is 3.49. The molecule has 0 radical (unpaired) electrons. The van der Waals surface area contributed by atoms with Crippen LogP contribution in [0.3, 0.4) is 0 Å². The van der Waals surface area contributed by atoms with Gasteiger partial charge in [0.25, 0.3) is 5.91 Å². The maximum absolute atomic E-state index is 11.3. The lowest BCUT2D eigenvalue weighted by Crippen LogP contribution is -2.12. The molecule has 100 valence electrons. The minimum Gasteiger partial charge on any atom is -0.436 e. The van der Waals surface area contributed by atoms with Gasteiger partial charge in [-0.15, -0.1) is 11.3 Å². The number of hydrogen-bond donors (Lipinski definition) is 1. The first-order valence-electron chi connectivity index (χ1n) is 5.68. The summed E-state index contributed by atoms with van der Waals surface area (Å²) in [5.74, 6) is -0.177. The maximum Gasteiger partial charge on any atom is 0.252 e. The Balaban J connectivity index is 2.07. The van der Waals surface area contributed by atoms with Gasteiger partial charge in [-0.2, -0.15) is 4.98 Å². The predicted molar refractivity (Wildman–Crippen MR) is 73.5 cm³/mol. The van der Waals surface area contributed by atoms with Crippen LogP contribution in [-0.4, -0.2) is 21.6 Å². The fourth-order valence-corrected chi connectivity index (χ4v) is 2.54. The summed E-state index contributed by atoms with van der Waals surface area (Å²) in [7, 11) is 0. The van der Waals surface area contributed by atoms with E-state index in [1.807, 2.05) is 5.38 Å². The van der Waals surface area contributed by atoms with Crippen molar-refractivity contribution in [1.29, 1.82) is 0 Å². The zero-order valence-corrected chi connectivity index (χ0v) is 11.0. The van der Waals surface area contributed by atoms with E-state index in [1.165, 1.54) is 11.3 Å². The Hall–Kier alpha value is -2.67. The van der Waals surface area contributed by atoms with Gasteiger partial charge in [0.05, 0.1) is 5.56 Å². The number of aldehydes is 1. The number of imidazole rings is 1. The van der Waals surface area contributed by atoms with E-state index in [0.717, 1.165) is 0 Å². The third kappa shape index (κ3) is 1.94. The number of hydrogen-bond acceptors (Lipinski definition) is 5. The van der Waals surface area contributed by atoms with Crippen molar-refractivity contribution in [2.24, 2.45) is 5.73 Å². The number of para-hydroxylation sites is 1. The standard InChI is InChI=1S/C13H9N3O3S/c14-11(18)8-3-1-2-4-10(8)19-12-9(7-17)16-5-6-20-13(16)15-12/h1-7H,(H2,14,18). The van der Waals surface area contributed by atoms with E-state index in [0.29, 0.717) is 16.9 Å². The molecular weight excluding hydrogens is 278 g/mol. The maximum atomic E-state index is 11.3. The highest BCUT2D eigenvalue weighted by atomic mass is 32.1. The molecule has 0 fully saturated rings. The lowest BCUT2D eigenvalue weighted by molar-refractivity contribution is 0.0998. The fraction of sp³-hybridized carbons (Fsp3) is 0. The molecule has 0 saturated heterocycles. The quantitative estimate of drug-likeness (QED) is 0.744. The van der Waals surface area contributed by atoms with Crippen LogP contribution in [0.1, 0.15) is 20.8 Å². The molecule has 2 aromatic heterocycles. The van der Waals surface area contributed by atoms with Crippen molar-refractivity contribution in [1.82, 2.24) is 9.38 Å². The number of aromatic nitrogens is 2. The molecule has 3 aromatic rings. The molecule has 0 bridgehead atoms. The molecule has 6 nitrogen and oxygen atoms in total. The Labute approximate surface area is 117 Å². The summed E-state index contributed by atoms with van der Waals surface area (Å²) in [5, 5.41) is 1.82. The molecule has 0 atom stereocenters. The highest BCUT2D eigenvalue weighted by molar-refractivity contribution is 7.15. The van der Waals surface area contributed by atoms with E-state index in [4.69, 9.17) is 10.5 Å². The van der Waals surface area contributed by atoms with Gasteiger partial charge in [-0.25, -0.2) is 0 Å². The predicted octanol–water partition coefficient (Wildman–Crippen LogP) is 2.10. The molecule has 2 N–H and O–H groups in total. The molecule has 0 saturated carbocycles. The molecular formula is C13H9N3O3S. The van der Waals surface area contributed by atoms with Gasteiger partial charge in [0.1, 0.15) is 5.75 Å². The van der Waals surface area contributed by atoms with E-state index < -0.39 is 5.91 Å². The largest absolute Gasteiger partial charge is 0.436 e. The van der Waals surface area contributed by atoms with E-state index in [1.54, 1.807) is 34.9 Å².